The van der Waals surface area contributed by atoms with Crippen molar-refractivity contribution < 1.29 is 0 Å². The molecule has 1 saturated heterocycles. The van der Waals surface area contributed by atoms with Crippen molar-refractivity contribution in [1.29, 1.82) is 0 Å². The van der Waals surface area contributed by atoms with Crippen LogP contribution in [0.4, 0.5) is 5.82 Å². The van der Waals surface area contributed by atoms with Crippen molar-refractivity contribution in [3.05, 3.63) is 54.1 Å². The normalized spacial score (nSPS) is 17.9. The van der Waals surface area contributed by atoms with Crippen molar-refractivity contribution in [2.75, 3.05) is 11.4 Å². The molecule has 3 aromatic heterocycles. The molecule has 0 radical (unpaired) electrons. The molecule has 0 aliphatic carbocycles. The molecule has 6 heteroatoms. The summed E-state index contributed by atoms with van der Waals surface area (Å²) in [6, 6.07) is 10.2. The highest BCUT2D eigenvalue weighted by Gasteiger charge is 2.26. The van der Waals surface area contributed by atoms with Gasteiger partial charge >= 0.3 is 0 Å². The first-order valence-corrected chi connectivity index (χ1v) is 8.34. The van der Waals surface area contributed by atoms with Crippen LogP contribution in [-0.4, -0.2) is 31.7 Å². The second kappa shape index (κ2) is 6.39. The molecule has 4 rings (SSSR count). The monoisotopic (exact) mass is 320 g/mol. The Morgan fingerprint density at radius 3 is 2.88 bits per heavy atom. The molecule has 0 bridgehead atoms. The van der Waals surface area contributed by atoms with Crippen LogP contribution < -0.4 is 4.90 Å². The number of nitrogens with one attached hydrogen (secondary N) is 1. The standard InChI is InChI=1S/C18H20N6/c1-13-12-17(22-18(21-13)15-6-2-4-9-19-15)24-11-5-3-7-16(24)14-8-10-20-23-14/h2,4,6,8-10,12,16H,3,5,7,11H2,1H3,(H,20,23). The number of aromatic amines is 1. The first kappa shape index (κ1) is 14.8. The molecule has 1 unspecified atom stereocenters. The smallest absolute Gasteiger partial charge is 0.180 e. The first-order chi connectivity index (χ1) is 11.8. The highest BCUT2D eigenvalue weighted by molar-refractivity contribution is 5.54. The van der Waals surface area contributed by atoms with E-state index in [1.54, 1.807) is 6.20 Å². The van der Waals surface area contributed by atoms with Crippen LogP contribution in [0.2, 0.25) is 0 Å². The lowest BCUT2D eigenvalue weighted by atomic mass is 9.99. The third-order valence-electron chi connectivity index (χ3n) is 4.41. The van der Waals surface area contributed by atoms with Crippen LogP contribution in [0.15, 0.2) is 42.7 Å². The van der Waals surface area contributed by atoms with E-state index in [1.807, 2.05) is 31.3 Å². The third kappa shape index (κ3) is 2.87. The van der Waals surface area contributed by atoms with E-state index in [1.165, 1.54) is 12.8 Å². The summed E-state index contributed by atoms with van der Waals surface area (Å²) in [6.45, 7) is 2.99. The highest BCUT2D eigenvalue weighted by Crippen LogP contribution is 2.33. The predicted octanol–water partition coefficient (Wildman–Crippen LogP) is 3.30. The number of H-pyrrole nitrogens is 1. The second-order valence-corrected chi connectivity index (χ2v) is 6.12. The largest absolute Gasteiger partial charge is 0.348 e. The van der Waals surface area contributed by atoms with Gasteiger partial charge in [0.2, 0.25) is 0 Å². The molecule has 6 nitrogen and oxygen atoms in total. The predicted molar refractivity (Wildman–Crippen MR) is 92.5 cm³/mol. The molecular weight excluding hydrogens is 300 g/mol. The van der Waals surface area contributed by atoms with Gasteiger partial charge in [-0.1, -0.05) is 6.07 Å². The van der Waals surface area contributed by atoms with Crippen molar-refractivity contribution in [3.63, 3.8) is 0 Å². The van der Waals surface area contributed by atoms with Crippen LogP contribution in [0.1, 0.15) is 36.7 Å². The number of pyridine rings is 1. The molecule has 24 heavy (non-hydrogen) atoms. The number of hydrogen-bond donors (Lipinski definition) is 1. The average Bonchev–Trinajstić information content (AvgIpc) is 3.16. The summed E-state index contributed by atoms with van der Waals surface area (Å²) in [5.74, 6) is 1.64. The SMILES string of the molecule is Cc1cc(N2CCCCC2c2ccn[nH]2)nc(-c2ccccn2)n1. The molecule has 1 aliphatic heterocycles. The summed E-state index contributed by atoms with van der Waals surface area (Å²) < 4.78 is 0. The van der Waals surface area contributed by atoms with Gasteiger partial charge < -0.3 is 4.90 Å². The van der Waals surface area contributed by atoms with Gasteiger partial charge in [-0.3, -0.25) is 10.1 Å². The summed E-state index contributed by atoms with van der Waals surface area (Å²) >= 11 is 0. The minimum absolute atomic E-state index is 0.284. The summed E-state index contributed by atoms with van der Waals surface area (Å²) in [6.07, 6.45) is 7.08. The molecule has 1 aliphatic rings. The third-order valence-corrected chi connectivity index (χ3v) is 4.41. The van der Waals surface area contributed by atoms with Gasteiger partial charge in [0.25, 0.3) is 0 Å². The van der Waals surface area contributed by atoms with E-state index in [9.17, 15) is 0 Å². The molecule has 1 fully saturated rings. The van der Waals surface area contributed by atoms with Crippen LogP contribution in [0.3, 0.4) is 0 Å². The number of aryl methyl sites for hydroxylation is 1. The lowest BCUT2D eigenvalue weighted by molar-refractivity contribution is 0.461. The number of rotatable bonds is 3. The van der Waals surface area contributed by atoms with Crippen molar-refractivity contribution in [2.45, 2.75) is 32.2 Å². The van der Waals surface area contributed by atoms with Crippen LogP contribution in [0, 0.1) is 6.92 Å². The van der Waals surface area contributed by atoms with Crippen LogP contribution >= 0.6 is 0 Å². The fourth-order valence-corrected chi connectivity index (χ4v) is 3.29. The number of anilines is 1. The van der Waals surface area contributed by atoms with Crippen LogP contribution in [0.5, 0.6) is 0 Å². The minimum atomic E-state index is 0.284. The Hall–Kier alpha value is -2.76. The van der Waals surface area contributed by atoms with E-state index in [2.05, 4.69) is 37.2 Å². The van der Waals surface area contributed by atoms with Crippen molar-refractivity contribution in [2.24, 2.45) is 0 Å². The molecule has 0 spiro atoms. The number of piperidine rings is 1. The van der Waals surface area contributed by atoms with E-state index in [-0.39, 0.29) is 6.04 Å². The molecule has 0 saturated carbocycles. The van der Waals surface area contributed by atoms with Gasteiger partial charge in [0.05, 0.1) is 11.7 Å². The van der Waals surface area contributed by atoms with Crippen molar-refractivity contribution >= 4 is 5.82 Å². The van der Waals surface area contributed by atoms with Gasteiger partial charge in [0.15, 0.2) is 5.82 Å². The number of hydrogen-bond acceptors (Lipinski definition) is 5. The van der Waals surface area contributed by atoms with Crippen molar-refractivity contribution in [3.8, 4) is 11.5 Å². The molecule has 3 aromatic rings. The lowest BCUT2D eigenvalue weighted by Gasteiger charge is -2.36. The van der Waals surface area contributed by atoms with E-state index >= 15 is 0 Å². The maximum atomic E-state index is 4.81. The quantitative estimate of drug-likeness (QED) is 0.802. The summed E-state index contributed by atoms with van der Waals surface area (Å²) in [4.78, 5) is 16.1. The van der Waals surface area contributed by atoms with Gasteiger partial charge in [-0.05, 0) is 44.4 Å². The molecule has 0 aromatic carbocycles. The van der Waals surface area contributed by atoms with Crippen molar-refractivity contribution in [1.82, 2.24) is 25.1 Å². The number of aromatic nitrogens is 5. The van der Waals surface area contributed by atoms with Gasteiger partial charge in [0.1, 0.15) is 11.5 Å². The van der Waals surface area contributed by atoms with Gasteiger partial charge in [-0.15, -0.1) is 0 Å². The zero-order valence-electron chi connectivity index (χ0n) is 13.7. The Balaban J connectivity index is 1.73. The fraction of sp³-hybridized carbons (Fsp3) is 0.333. The molecule has 4 heterocycles. The van der Waals surface area contributed by atoms with E-state index < -0.39 is 0 Å². The molecule has 1 atom stereocenters. The molecule has 122 valence electrons. The van der Waals surface area contributed by atoms with E-state index in [4.69, 9.17) is 4.98 Å². The molecular formula is C18H20N6. The van der Waals surface area contributed by atoms with E-state index in [0.29, 0.717) is 5.82 Å². The Morgan fingerprint density at radius 2 is 2.08 bits per heavy atom. The maximum absolute atomic E-state index is 4.81. The summed E-state index contributed by atoms with van der Waals surface area (Å²) in [5.41, 5.74) is 2.90. The minimum Gasteiger partial charge on any atom is -0.348 e. The summed E-state index contributed by atoms with van der Waals surface area (Å²) in [7, 11) is 0. The average molecular weight is 320 g/mol. The van der Waals surface area contributed by atoms with E-state index in [0.717, 1.165) is 35.9 Å². The summed E-state index contributed by atoms with van der Waals surface area (Å²) in [5, 5.41) is 7.23. The number of nitrogens with zero attached hydrogens (tertiary/aromatic N) is 5. The van der Waals surface area contributed by atoms with Gasteiger partial charge in [-0.2, -0.15) is 5.10 Å². The highest BCUT2D eigenvalue weighted by atomic mass is 15.3. The second-order valence-electron chi connectivity index (χ2n) is 6.12. The zero-order valence-corrected chi connectivity index (χ0v) is 13.7. The molecule has 0 amide bonds. The van der Waals surface area contributed by atoms with Crippen LogP contribution in [-0.2, 0) is 0 Å². The Labute approximate surface area is 141 Å². The lowest BCUT2D eigenvalue weighted by Crippen LogP contribution is -2.34. The first-order valence-electron chi connectivity index (χ1n) is 8.34. The Kier molecular flexibility index (Phi) is 3.94. The topological polar surface area (TPSA) is 70.6 Å². The van der Waals surface area contributed by atoms with Gasteiger partial charge in [-0.25, -0.2) is 9.97 Å². The van der Waals surface area contributed by atoms with Crippen LogP contribution in [0.25, 0.3) is 11.5 Å². The molecule has 1 N–H and O–H groups in total. The zero-order chi connectivity index (χ0) is 16.4. The fourth-order valence-electron chi connectivity index (χ4n) is 3.29. The maximum Gasteiger partial charge on any atom is 0.180 e. The van der Waals surface area contributed by atoms with Gasteiger partial charge in [0, 0.05) is 30.7 Å². The Bertz CT molecular complexity index is 800. The Morgan fingerprint density at radius 1 is 1.12 bits per heavy atom.